The number of nitrogens with two attached hydrogens (primary N) is 1. The number of carbonyl (C=O) groups excluding carboxylic acids is 2. The Hall–Kier alpha value is -3.68. The Morgan fingerprint density at radius 1 is 1.23 bits per heavy atom. The van der Waals surface area contributed by atoms with Crippen LogP contribution in [0, 0.1) is 13.8 Å². The lowest BCUT2D eigenvalue weighted by Crippen LogP contribution is -2.23. The molecular weight excluding hydrogens is 392 g/mol. The van der Waals surface area contributed by atoms with E-state index in [1.807, 2.05) is 43.0 Å². The number of aromatic nitrogens is 3. The van der Waals surface area contributed by atoms with Crippen molar-refractivity contribution in [1.29, 1.82) is 0 Å². The van der Waals surface area contributed by atoms with E-state index in [0.29, 0.717) is 30.9 Å². The van der Waals surface area contributed by atoms with Crippen LogP contribution < -0.4 is 16.0 Å². The van der Waals surface area contributed by atoms with Crippen LogP contribution in [0.4, 0.5) is 11.5 Å². The second kappa shape index (κ2) is 8.59. The smallest absolute Gasteiger partial charge is 0.254 e. The highest BCUT2D eigenvalue weighted by Gasteiger charge is 2.21. The van der Waals surface area contributed by atoms with Crippen LogP contribution in [0.3, 0.4) is 0 Å². The summed E-state index contributed by atoms with van der Waals surface area (Å²) in [5.74, 6) is 0.465. The number of nitrogens with zero attached hydrogens (tertiary/aromatic N) is 4. The van der Waals surface area contributed by atoms with Crippen LogP contribution in [-0.4, -0.2) is 33.1 Å². The van der Waals surface area contributed by atoms with Crippen molar-refractivity contribution in [2.24, 2.45) is 0 Å². The zero-order valence-corrected chi connectivity index (χ0v) is 17.8. The van der Waals surface area contributed by atoms with Gasteiger partial charge in [-0.15, -0.1) is 0 Å². The number of aryl methyl sites for hydroxylation is 2. The number of nitrogen functional groups attached to an aromatic ring is 1. The molecule has 3 N–H and O–H groups in total. The normalized spacial score (nSPS) is 13.6. The van der Waals surface area contributed by atoms with E-state index in [9.17, 15) is 9.59 Å². The molecule has 1 fully saturated rings. The number of pyridine rings is 1. The van der Waals surface area contributed by atoms with Crippen molar-refractivity contribution in [2.75, 3.05) is 17.2 Å². The van der Waals surface area contributed by atoms with Crippen LogP contribution in [0.1, 0.15) is 45.6 Å². The molecule has 1 aliphatic heterocycles. The fraction of sp³-hybridized carbons (Fsp3) is 0.304. The topological polar surface area (TPSA) is 106 Å². The van der Waals surface area contributed by atoms with Crippen LogP contribution in [0.15, 0.2) is 42.7 Å². The van der Waals surface area contributed by atoms with E-state index in [1.54, 1.807) is 23.1 Å². The summed E-state index contributed by atoms with van der Waals surface area (Å²) in [6.07, 6.45) is 4.82. The molecule has 2 aromatic heterocycles. The van der Waals surface area contributed by atoms with Gasteiger partial charge in [-0.1, -0.05) is 12.1 Å². The predicted octanol–water partition coefficient (Wildman–Crippen LogP) is 2.58. The first-order chi connectivity index (χ1) is 14.9. The Bertz CT molecular complexity index is 1100. The highest BCUT2D eigenvalue weighted by Crippen LogP contribution is 2.22. The van der Waals surface area contributed by atoms with Gasteiger partial charge >= 0.3 is 0 Å². The van der Waals surface area contributed by atoms with Gasteiger partial charge in [-0.3, -0.25) is 14.3 Å². The number of hydrogen-bond acceptors (Lipinski definition) is 5. The maximum Gasteiger partial charge on any atom is 0.254 e. The van der Waals surface area contributed by atoms with Crippen molar-refractivity contribution < 1.29 is 9.59 Å². The monoisotopic (exact) mass is 418 g/mol. The first-order valence-corrected chi connectivity index (χ1v) is 10.3. The van der Waals surface area contributed by atoms with Crippen molar-refractivity contribution in [2.45, 2.75) is 39.8 Å². The molecule has 3 heterocycles. The number of anilines is 2. The number of hydrogen-bond donors (Lipinski definition) is 2. The average Bonchev–Trinajstić information content (AvgIpc) is 3.37. The standard InChI is InChI=1S/C23H26N6O2/c1-15-10-21(24)27-16(2)20(15)12-25-23(31)18-11-26-28(14-18)13-17-5-7-19(8-6-17)29-9-3-4-22(29)30/h5-8,10-11,14H,3-4,9,12-13H2,1-2H3,(H2,24,27)(H,25,31). The van der Waals surface area contributed by atoms with Gasteiger partial charge < -0.3 is 16.0 Å². The number of benzene rings is 1. The van der Waals surface area contributed by atoms with Crippen molar-refractivity contribution in [3.8, 4) is 0 Å². The third-order valence-electron chi connectivity index (χ3n) is 5.56. The van der Waals surface area contributed by atoms with E-state index < -0.39 is 0 Å². The molecule has 8 heteroatoms. The molecule has 8 nitrogen and oxygen atoms in total. The second-order valence-electron chi connectivity index (χ2n) is 7.85. The number of rotatable bonds is 6. The Kier molecular flexibility index (Phi) is 5.70. The van der Waals surface area contributed by atoms with Gasteiger partial charge in [0.2, 0.25) is 5.91 Å². The minimum atomic E-state index is -0.190. The third kappa shape index (κ3) is 4.58. The number of amides is 2. The Morgan fingerprint density at radius 3 is 2.68 bits per heavy atom. The zero-order valence-electron chi connectivity index (χ0n) is 17.8. The molecule has 0 saturated carbocycles. The minimum absolute atomic E-state index is 0.176. The van der Waals surface area contributed by atoms with Gasteiger partial charge in [0, 0.05) is 37.1 Å². The largest absolute Gasteiger partial charge is 0.384 e. The fourth-order valence-corrected chi connectivity index (χ4v) is 3.88. The van der Waals surface area contributed by atoms with Crippen LogP contribution >= 0.6 is 0 Å². The van der Waals surface area contributed by atoms with Crippen molar-refractivity contribution >= 4 is 23.3 Å². The van der Waals surface area contributed by atoms with Crippen LogP contribution in [0.25, 0.3) is 0 Å². The molecule has 0 bridgehead atoms. The minimum Gasteiger partial charge on any atom is -0.384 e. The van der Waals surface area contributed by atoms with Crippen molar-refractivity contribution in [1.82, 2.24) is 20.1 Å². The van der Waals surface area contributed by atoms with Crippen molar-refractivity contribution in [3.63, 3.8) is 0 Å². The van der Waals surface area contributed by atoms with Gasteiger partial charge in [-0.05, 0) is 55.2 Å². The second-order valence-corrected chi connectivity index (χ2v) is 7.85. The average molecular weight is 419 g/mol. The Labute approximate surface area is 181 Å². The number of nitrogens with one attached hydrogen (secondary N) is 1. The lowest BCUT2D eigenvalue weighted by molar-refractivity contribution is -0.117. The van der Waals surface area contributed by atoms with Gasteiger partial charge in [0.1, 0.15) is 5.82 Å². The lowest BCUT2D eigenvalue weighted by Gasteiger charge is -2.15. The summed E-state index contributed by atoms with van der Waals surface area (Å²) in [7, 11) is 0. The molecule has 1 aromatic carbocycles. The maximum atomic E-state index is 12.5. The molecule has 4 rings (SSSR count). The maximum absolute atomic E-state index is 12.5. The summed E-state index contributed by atoms with van der Waals surface area (Å²) >= 11 is 0. The molecule has 0 aliphatic carbocycles. The Balaban J connectivity index is 1.37. The molecule has 1 aliphatic rings. The van der Waals surface area contributed by atoms with Gasteiger partial charge in [0.25, 0.3) is 5.91 Å². The quantitative estimate of drug-likeness (QED) is 0.640. The molecular formula is C23H26N6O2. The first-order valence-electron chi connectivity index (χ1n) is 10.3. The zero-order chi connectivity index (χ0) is 22.0. The molecule has 31 heavy (non-hydrogen) atoms. The van der Waals surface area contributed by atoms with Crippen LogP contribution in [-0.2, 0) is 17.9 Å². The Morgan fingerprint density at radius 2 is 2.00 bits per heavy atom. The molecule has 0 unspecified atom stereocenters. The molecule has 3 aromatic rings. The molecule has 1 saturated heterocycles. The molecule has 2 amide bonds. The van der Waals surface area contributed by atoms with E-state index in [1.165, 1.54) is 0 Å². The number of carbonyl (C=O) groups is 2. The summed E-state index contributed by atoms with van der Waals surface area (Å²) in [5, 5.41) is 7.23. The van der Waals surface area contributed by atoms with E-state index in [2.05, 4.69) is 15.4 Å². The van der Waals surface area contributed by atoms with Gasteiger partial charge in [0.15, 0.2) is 0 Å². The van der Waals surface area contributed by atoms with E-state index in [0.717, 1.165) is 41.0 Å². The fourth-order valence-electron chi connectivity index (χ4n) is 3.88. The first kappa shape index (κ1) is 20.6. The summed E-state index contributed by atoms with van der Waals surface area (Å²) < 4.78 is 1.73. The molecule has 160 valence electrons. The van der Waals surface area contributed by atoms with E-state index in [-0.39, 0.29) is 11.8 Å². The van der Waals surface area contributed by atoms with E-state index in [4.69, 9.17) is 5.73 Å². The van der Waals surface area contributed by atoms with Gasteiger partial charge in [-0.2, -0.15) is 5.10 Å². The summed E-state index contributed by atoms with van der Waals surface area (Å²) in [6.45, 7) is 5.54. The predicted molar refractivity (Wildman–Crippen MR) is 119 cm³/mol. The van der Waals surface area contributed by atoms with Gasteiger partial charge in [-0.25, -0.2) is 4.98 Å². The molecule has 0 radical (unpaired) electrons. The highest BCUT2D eigenvalue weighted by molar-refractivity contribution is 5.95. The summed E-state index contributed by atoms with van der Waals surface area (Å²) in [4.78, 5) is 30.5. The van der Waals surface area contributed by atoms with E-state index >= 15 is 0 Å². The molecule has 0 spiro atoms. The third-order valence-corrected chi connectivity index (χ3v) is 5.56. The molecule has 0 atom stereocenters. The highest BCUT2D eigenvalue weighted by atomic mass is 16.2. The summed E-state index contributed by atoms with van der Waals surface area (Å²) in [5.41, 5.74) is 11.0. The lowest BCUT2D eigenvalue weighted by atomic mass is 10.1. The van der Waals surface area contributed by atoms with Crippen LogP contribution in [0.2, 0.25) is 0 Å². The van der Waals surface area contributed by atoms with Crippen LogP contribution in [0.5, 0.6) is 0 Å². The van der Waals surface area contributed by atoms with Crippen molar-refractivity contribution in [3.05, 3.63) is 70.7 Å². The summed E-state index contributed by atoms with van der Waals surface area (Å²) in [6, 6.07) is 9.70. The SMILES string of the molecule is Cc1cc(N)nc(C)c1CNC(=O)c1cnn(Cc2ccc(N3CCCC3=O)cc2)c1. The van der Waals surface area contributed by atoms with Gasteiger partial charge in [0.05, 0.1) is 18.3 Å².